The fraction of sp³-hybridized carbons (Fsp3) is 0.200. The van der Waals surface area contributed by atoms with Crippen molar-refractivity contribution in [2.45, 2.75) is 19.8 Å². The highest BCUT2D eigenvalue weighted by molar-refractivity contribution is 5.73. The van der Waals surface area contributed by atoms with E-state index in [4.69, 9.17) is 0 Å². The van der Waals surface area contributed by atoms with Crippen molar-refractivity contribution in [1.82, 2.24) is 15.0 Å². The van der Waals surface area contributed by atoms with Crippen molar-refractivity contribution < 1.29 is 0 Å². The van der Waals surface area contributed by atoms with Crippen LogP contribution in [0.25, 0.3) is 11.0 Å². The molecule has 18 heavy (non-hydrogen) atoms. The Balaban J connectivity index is 1.79. The molecule has 1 N–H and O–H groups in total. The van der Waals surface area contributed by atoms with Crippen LogP contribution in [-0.2, 0) is 12.8 Å². The Bertz CT molecular complexity index is 637. The van der Waals surface area contributed by atoms with E-state index in [1.165, 1.54) is 11.1 Å². The maximum absolute atomic E-state index is 4.56. The van der Waals surface area contributed by atoms with Crippen LogP contribution in [0.4, 0.5) is 0 Å². The molecule has 0 aliphatic carbocycles. The van der Waals surface area contributed by atoms with Gasteiger partial charge in [0.05, 0.1) is 17.2 Å². The van der Waals surface area contributed by atoms with Gasteiger partial charge in [-0.1, -0.05) is 24.3 Å². The van der Waals surface area contributed by atoms with E-state index >= 15 is 0 Å². The lowest BCUT2D eigenvalue weighted by Gasteiger charge is -2.03. The largest absolute Gasteiger partial charge is 0.341 e. The topological polar surface area (TPSA) is 41.6 Å². The number of nitrogens with one attached hydrogen (secondary N) is 1. The van der Waals surface area contributed by atoms with Crippen molar-refractivity contribution in [3.8, 4) is 0 Å². The number of hydrogen-bond acceptors (Lipinski definition) is 2. The Labute approximate surface area is 106 Å². The Morgan fingerprint density at radius 2 is 2.00 bits per heavy atom. The monoisotopic (exact) mass is 237 g/mol. The molecule has 0 aliphatic rings. The van der Waals surface area contributed by atoms with Crippen LogP contribution >= 0.6 is 0 Å². The summed E-state index contributed by atoms with van der Waals surface area (Å²) >= 11 is 0. The minimum Gasteiger partial charge on any atom is -0.341 e. The molecule has 0 radical (unpaired) electrons. The minimum absolute atomic E-state index is 0.930. The highest BCUT2D eigenvalue weighted by Crippen LogP contribution is 2.13. The molecule has 2 heterocycles. The van der Waals surface area contributed by atoms with Gasteiger partial charge in [-0.2, -0.15) is 0 Å². The second kappa shape index (κ2) is 4.61. The van der Waals surface area contributed by atoms with Crippen LogP contribution in [0, 0.1) is 6.92 Å². The van der Waals surface area contributed by atoms with Crippen LogP contribution in [0.15, 0.2) is 42.7 Å². The van der Waals surface area contributed by atoms with Gasteiger partial charge in [-0.15, -0.1) is 0 Å². The Morgan fingerprint density at radius 1 is 1.11 bits per heavy atom. The highest BCUT2D eigenvalue weighted by Gasteiger charge is 2.03. The molecule has 0 saturated carbocycles. The lowest BCUT2D eigenvalue weighted by Crippen LogP contribution is -1.95. The number of aromatic nitrogens is 3. The average Bonchev–Trinajstić information content (AvgIpc) is 2.80. The van der Waals surface area contributed by atoms with Crippen LogP contribution in [-0.4, -0.2) is 15.0 Å². The van der Waals surface area contributed by atoms with Crippen molar-refractivity contribution in [3.05, 3.63) is 59.7 Å². The summed E-state index contributed by atoms with van der Waals surface area (Å²) in [5.41, 5.74) is 4.73. The molecule has 0 amide bonds. The number of H-pyrrole nitrogens is 1. The van der Waals surface area contributed by atoms with Crippen LogP contribution in [0.3, 0.4) is 0 Å². The third-order valence-electron chi connectivity index (χ3n) is 3.22. The van der Waals surface area contributed by atoms with E-state index in [2.05, 4.69) is 46.1 Å². The lowest BCUT2D eigenvalue weighted by molar-refractivity contribution is 0.884. The van der Waals surface area contributed by atoms with E-state index in [0.717, 1.165) is 29.7 Å². The normalized spacial score (nSPS) is 10.9. The third-order valence-corrected chi connectivity index (χ3v) is 3.22. The van der Waals surface area contributed by atoms with Crippen molar-refractivity contribution in [2.75, 3.05) is 0 Å². The van der Waals surface area contributed by atoms with E-state index in [9.17, 15) is 0 Å². The van der Waals surface area contributed by atoms with Crippen molar-refractivity contribution in [1.29, 1.82) is 0 Å². The second-order valence-corrected chi connectivity index (χ2v) is 4.50. The predicted octanol–water partition coefficient (Wildman–Crippen LogP) is 3.05. The second-order valence-electron chi connectivity index (χ2n) is 4.50. The maximum Gasteiger partial charge on any atom is 0.107 e. The number of rotatable bonds is 3. The summed E-state index contributed by atoms with van der Waals surface area (Å²) in [5, 5.41) is 0. The first-order chi connectivity index (χ1) is 8.83. The van der Waals surface area contributed by atoms with Gasteiger partial charge in [-0.3, -0.25) is 4.98 Å². The standard InChI is InChI=1S/C15H15N3/c1-11-4-2-3-5-12(11)6-7-15-17-13-8-9-16-10-14(13)18-15/h2-5,8-10H,6-7H2,1H3,(H,17,18). The summed E-state index contributed by atoms with van der Waals surface area (Å²) in [6, 6.07) is 10.4. The molecule has 0 unspecified atom stereocenters. The smallest absolute Gasteiger partial charge is 0.107 e. The molecule has 0 saturated heterocycles. The SMILES string of the molecule is Cc1ccccc1CCc1nc2ccncc2[nH]1. The number of pyridine rings is 1. The van der Waals surface area contributed by atoms with Crippen molar-refractivity contribution >= 4 is 11.0 Å². The van der Waals surface area contributed by atoms with E-state index in [1.807, 2.05) is 12.3 Å². The first kappa shape index (κ1) is 11.0. The average molecular weight is 237 g/mol. The van der Waals surface area contributed by atoms with Crippen molar-refractivity contribution in [3.63, 3.8) is 0 Å². The molecule has 3 aromatic rings. The van der Waals surface area contributed by atoms with E-state index < -0.39 is 0 Å². The summed E-state index contributed by atoms with van der Waals surface area (Å²) in [4.78, 5) is 12.0. The molecule has 0 spiro atoms. The molecular weight excluding hydrogens is 222 g/mol. The lowest BCUT2D eigenvalue weighted by atomic mass is 10.0. The van der Waals surface area contributed by atoms with E-state index in [0.29, 0.717) is 0 Å². The van der Waals surface area contributed by atoms with Crippen LogP contribution in [0.1, 0.15) is 17.0 Å². The zero-order valence-electron chi connectivity index (χ0n) is 10.4. The summed E-state index contributed by atoms with van der Waals surface area (Å²) < 4.78 is 0. The van der Waals surface area contributed by atoms with E-state index in [-0.39, 0.29) is 0 Å². The van der Waals surface area contributed by atoms with Gasteiger partial charge in [0.25, 0.3) is 0 Å². The Kier molecular flexibility index (Phi) is 2.81. The Hall–Kier alpha value is -2.16. The number of nitrogens with zero attached hydrogens (tertiary/aromatic N) is 2. The van der Waals surface area contributed by atoms with Crippen molar-refractivity contribution in [2.24, 2.45) is 0 Å². The van der Waals surface area contributed by atoms with Crippen LogP contribution in [0.2, 0.25) is 0 Å². The summed E-state index contributed by atoms with van der Waals surface area (Å²) in [7, 11) is 0. The zero-order chi connectivity index (χ0) is 12.4. The molecule has 0 fully saturated rings. The molecule has 90 valence electrons. The molecule has 1 aromatic carbocycles. The van der Waals surface area contributed by atoms with Gasteiger partial charge < -0.3 is 4.98 Å². The molecule has 3 heteroatoms. The predicted molar refractivity (Wildman–Crippen MR) is 72.5 cm³/mol. The quantitative estimate of drug-likeness (QED) is 0.760. The van der Waals surface area contributed by atoms with Gasteiger partial charge in [0.15, 0.2) is 0 Å². The summed E-state index contributed by atoms with van der Waals surface area (Å²) in [6.07, 6.45) is 5.54. The first-order valence-electron chi connectivity index (χ1n) is 6.16. The molecule has 0 bridgehead atoms. The van der Waals surface area contributed by atoms with Crippen LogP contribution < -0.4 is 0 Å². The summed E-state index contributed by atoms with van der Waals surface area (Å²) in [6.45, 7) is 2.15. The Morgan fingerprint density at radius 3 is 2.83 bits per heavy atom. The molecule has 0 aliphatic heterocycles. The first-order valence-corrected chi connectivity index (χ1v) is 6.16. The van der Waals surface area contributed by atoms with Gasteiger partial charge in [-0.05, 0) is 30.5 Å². The number of hydrogen-bond donors (Lipinski definition) is 1. The van der Waals surface area contributed by atoms with Gasteiger partial charge in [-0.25, -0.2) is 4.98 Å². The minimum atomic E-state index is 0.930. The fourth-order valence-electron chi connectivity index (χ4n) is 2.17. The number of aryl methyl sites for hydroxylation is 3. The fourth-order valence-corrected chi connectivity index (χ4v) is 2.17. The zero-order valence-corrected chi connectivity index (χ0v) is 10.4. The van der Waals surface area contributed by atoms with Gasteiger partial charge >= 0.3 is 0 Å². The number of imidazole rings is 1. The van der Waals surface area contributed by atoms with E-state index in [1.54, 1.807) is 6.20 Å². The third kappa shape index (κ3) is 2.12. The molecule has 0 atom stereocenters. The van der Waals surface area contributed by atoms with Crippen LogP contribution in [0.5, 0.6) is 0 Å². The van der Waals surface area contributed by atoms with Gasteiger partial charge in [0.2, 0.25) is 0 Å². The molecule has 3 nitrogen and oxygen atoms in total. The highest BCUT2D eigenvalue weighted by atomic mass is 14.9. The molecule has 3 rings (SSSR count). The van der Waals surface area contributed by atoms with Gasteiger partial charge in [0, 0.05) is 12.6 Å². The molecule has 2 aromatic heterocycles. The number of aromatic amines is 1. The number of fused-ring (bicyclic) bond motifs is 1. The summed E-state index contributed by atoms with van der Waals surface area (Å²) in [5.74, 6) is 1.03. The van der Waals surface area contributed by atoms with Gasteiger partial charge in [0.1, 0.15) is 5.82 Å². The number of benzene rings is 1. The molecular formula is C15H15N3. The maximum atomic E-state index is 4.56.